The van der Waals surface area contributed by atoms with E-state index in [2.05, 4.69) is 20.8 Å². The van der Waals surface area contributed by atoms with Crippen LogP contribution in [0.3, 0.4) is 0 Å². The molecule has 0 aromatic heterocycles. The molecule has 3 heteroatoms. The molecular weight excluding hydrogens is 224 g/mol. The van der Waals surface area contributed by atoms with Crippen LogP contribution in [-0.4, -0.2) is 30.9 Å². The number of nitrogens with two attached hydrogens (primary N) is 1. The second-order valence-corrected chi connectivity index (χ2v) is 5.96. The number of rotatable bonds is 4. The Kier molecular flexibility index (Phi) is 4.91. The molecule has 1 amide bonds. The predicted molar refractivity (Wildman–Crippen MR) is 75.6 cm³/mol. The number of benzene rings is 1. The Balaban J connectivity index is 2.72. The molecule has 0 fully saturated rings. The third-order valence-corrected chi connectivity index (χ3v) is 2.69. The first-order valence-corrected chi connectivity index (χ1v) is 6.38. The first kappa shape index (κ1) is 14.7. The highest BCUT2D eigenvalue weighted by atomic mass is 16.2. The molecule has 0 bridgehead atoms. The van der Waals surface area contributed by atoms with Crippen LogP contribution in [0.25, 0.3) is 0 Å². The fourth-order valence-electron chi connectivity index (χ4n) is 1.98. The number of hydrogen-bond acceptors (Lipinski definition) is 2. The lowest BCUT2D eigenvalue weighted by molar-refractivity contribution is 0.0745. The molecule has 0 radical (unpaired) electrons. The van der Waals surface area contributed by atoms with Gasteiger partial charge in [-0.3, -0.25) is 4.79 Å². The number of carbonyl (C=O) groups is 1. The summed E-state index contributed by atoms with van der Waals surface area (Å²) in [6.07, 6.45) is 0.853. The van der Waals surface area contributed by atoms with E-state index in [1.807, 2.05) is 31.3 Å². The molecule has 0 aliphatic carbocycles. The Labute approximate surface area is 110 Å². The maximum absolute atomic E-state index is 12.2. The van der Waals surface area contributed by atoms with E-state index in [1.165, 1.54) is 5.56 Å². The minimum Gasteiger partial charge on any atom is -0.341 e. The highest BCUT2D eigenvalue weighted by Gasteiger charge is 2.18. The summed E-state index contributed by atoms with van der Waals surface area (Å²) in [6.45, 7) is 7.76. The van der Waals surface area contributed by atoms with Gasteiger partial charge < -0.3 is 10.6 Å². The Hall–Kier alpha value is -1.35. The standard InChI is InChI=1S/C15H24N2O/c1-15(2,3)11-17(4)14(18)13-7-5-12(6-8-13)9-10-16/h5-8H,9-11,16H2,1-4H3. The molecule has 0 unspecified atom stereocenters. The van der Waals surface area contributed by atoms with Crippen LogP contribution in [-0.2, 0) is 6.42 Å². The molecule has 1 aromatic carbocycles. The molecule has 0 heterocycles. The number of hydrogen-bond donors (Lipinski definition) is 1. The Bertz CT molecular complexity index is 390. The van der Waals surface area contributed by atoms with Gasteiger partial charge in [0, 0.05) is 19.2 Å². The van der Waals surface area contributed by atoms with Crippen LogP contribution in [0.1, 0.15) is 36.7 Å². The SMILES string of the molecule is CN(CC(C)(C)C)C(=O)c1ccc(CCN)cc1. The van der Waals surface area contributed by atoms with Crippen molar-refractivity contribution >= 4 is 5.91 Å². The molecule has 1 aromatic rings. The van der Waals surface area contributed by atoms with Crippen LogP contribution in [0.15, 0.2) is 24.3 Å². The lowest BCUT2D eigenvalue weighted by Crippen LogP contribution is -2.34. The minimum absolute atomic E-state index is 0.0734. The van der Waals surface area contributed by atoms with Crippen molar-refractivity contribution < 1.29 is 4.79 Å². The molecule has 0 aliphatic rings. The van der Waals surface area contributed by atoms with Gasteiger partial charge in [-0.25, -0.2) is 0 Å². The molecular formula is C15H24N2O. The van der Waals surface area contributed by atoms with Gasteiger partial charge in [-0.15, -0.1) is 0 Å². The normalized spacial score (nSPS) is 11.4. The van der Waals surface area contributed by atoms with Gasteiger partial charge in [-0.2, -0.15) is 0 Å². The molecule has 0 saturated carbocycles. The van der Waals surface area contributed by atoms with Crippen molar-refractivity contribution in [3.05, 3.63) is 35.4 Å². The molecule has 0 spiro atoms. The van der Waals surface area contributed by atoms with Crippen molar-refractivity contribution in [2.24, 2.45) is 11.1 Å². The average Bonchev–Trinajstić information content (AvgIpc) is 2.27. The van der Waals surface area contributed by atoms with Gasteiger partial charge in [-0.05, 0) is 36.1 Å². The number of carbonyl (C=O) groups excluding carboxylic acids is 1. The molecule has 1 rings (SSSR count). The zero-order valence-electron chi connectivity index (χ0n) is 11.9. The van der Waals surface area contributed by atoms with Gasteiger partial charge in [0.2, 0.25) is 0 Å². The largest absolute Gasteiger partial charge is 0.341 e. The maximum Gasteiger partial charge on any atom is 0.253 e. The summed E-state index contributed by atoms with van der Waals surface area (Å²) >= 11 is 0. The van der Waals surface area contributed by atoms with E-state index in [9.17, 15) is 4.79 Å². The summed E-state index contributed by atoms with van der Waals surface area (Å²) in [5, 5.41) is 0. The van der Waals surface area contributed by atoms with Crippen molar-refractivity contribution in [2.75, 3.05) is 20.1 Å². The monoisotopic (exact) mass is 248 g/mol. The van der Waals surface area contributed by atoms with Crippen molar-refractivity contribution in [3.8, 4) is 0 Å². The summed E-state index contributed by atoms with van der Waals surface area (Å²) in [7, 11) is 1.85. The van der Waals surface area contributed by atoms with E-state index in [0.29, 0.717) is 6.54 Å². The minimum atomic E-state index is 0.0734. The summed E-state index contributed by atoms with van der Waals surface area (Å²) in [6, 6.07) is 7.72. The van der Waals surface area contributed by atoms with Crippen LogP contribution in [0.4, 0.5) is 0 Å². The van der Waals surface area contributed by atoms with Crippen LogP contribution in [0.2, 0.25) is 0 Å². The fourth-order valence-corrected chi connectivity index (χ4v) is 1.98. The van der Waals surface area contributed by atoms with E-state index in [-0.39, 0.29) is 11.3 Å². The van der Waals surface area contributed by atoms with E-state index in [0.717, 1.165) is 18.5 Å². The Morgan fingerprint density at radius 2 is 1.78 bits per heavy atom. The van der Waals surface area contributed by atoms with E-state index in [4.69, 9.17) is 5.73 Å². The van der Waals surface area contributed by atoms with Gasteiger partial charge in [-0.1, -0.05) is 32.9 Å². The predicted octanol–water partition coefficient (Wildman–Crippen LogP) is 2.31. The molecule has 0 aliphatic heterocycles. The average molecular weight is 248 g/mol. The molecule has 3 nitrogen and oxygen atoms in total. The molecule has 100 valence electrons. The van der Waals surface area contributed by atoms with Gasteiger partial charge in [0.1, 0.15) is 0 Å². The van der Waals surface area contributed by atoms with Gasteiger partial charge in [0.25, 0.3) is 5.91 Å². The summed E-state index contributed by atoms with van der Waals surface area (Å²) in [4.78, 5) is 14.0. The number of amides is 1. The van der Waals surface area contributed by atoms with E-state index >= 15 is 0 Å². The molecule has 18 heavy (non-hydrogen) atoms. The zero-order valence-corrected chi connectivity index (χ0v) is 11.9. The van der Waals surface area contributed by atoms with Crippen molar-refractivity contribution in [1.82, 2.24) is 4.90 Å². The lowest BCUT2D eigenvalue weighted by Gasteiger charge is -2.26. The molecule has 0 atom stereocenters. The summed E-state index contributed by atoms with van der Waals surface area (Å²) < 4.78 is 0. The second-order valence-electron chi connectivity index (χ2n) is 5.96. The lowest BCUT2D eigenvalue weighted by atomic mass is 9.96. The summed E-state index contributed by atoms with van der Waals surface area (Å²) in [5.74, 6) is 0.0734. The van der Waals surface area contributed by atoms with Gasteiger partial charge in [0.05, 0.1) is 0 Å². The molecule has 0 saturated heterocycles. The zero-order chi connectivity index (χ0) is 13.8. The molecule has 2 N–H and O–H groups in total. The van der Waals surface area contributed by atoms with Crippen molar-refractivity contribution in [3.63, 3.8) is 0 Å². The van der Waals surface area contributed by atoms with Crippen LogP contribution in [0, 0.1) is 5.41 Å². The topological polar surface area (TPSA) is 46.3 Å². The third-order valence-electron chi connectivity index (χ3n) is 2.69. The first-order valence-electron chi connectivity index (χ1n) is 6.38. The summed E-state index contributed by atoms with van der Waals surface area (Å²) in [5.41, 5.74) is 7.53. The highest BCUT2D eigenvalue weighted by molar-refractivity contribution is 5.94. The quantitative estimate of drug-likeness (QED) is 0.888. The highest BCUT2D eigenvalue weighted by Crippen LogP contribution is 2.16. The van der Waals surface area contributed by atoms with E-state index < -0.39 is 0 Å². The second kappa shape index (κ2) is 6.01. The first-order chi connectivity index (χ1) is 8.33. The van der Waals surface area contributed by atoms with Crippen LogP contribution < -0.4 is 5.73 Å². The Morgan fingerprint density at radius 1 is 1.22 bits per heavy atom. The van der Waals surface area contributed by atoms with Crippen LogP contribution >= 0.6 is 0 Å². The smallest absolute Gasteiger partial charge is 0.253 e. The van der Waals surface area contributed by atoms with E-state index in [1.54, 1.807) is 4.90 Å². The third kappa shape index (κ3) is 4.49. The van der Waals surface area contributed by atoms with Gasteiger partial charge >= 0.3 is 0 Å². The fraction of sp³-hybridized carbons (Fsp3) is 0.533. The van der Waals surface area contributed by atoms with Crippen molar-refractivity contribution in [1.29, 1.82) is 0 Å². The van der Waals surface area contributed by atoms with Gasteiger partial charge in [0.15, 0.2) is 0 Å². The van der Waals surface area contributed by atoms with Crippen molar-refractivity contribution in [2.45, 2.75) is 27.2 Å². The number of nitrogens with zero attached hydrogens (tertiary/aromatic N) is 1. The van der Waals surface area contributed by atoms with Crippen LogP contribution in [0.5, 0.6) is 0 Å². The maximum atomic E-state index is 12.2. The Morgan fingerprint density at radius 3 is 2.22 bits per heavy atom.